The fourth-order valence-corrected chi connectivity index (χ4v) is 3.53. The number of hydrogen-bond acceptors (Lipinski definition) is 5. The van der Waals surface area contributed by atoms with E-state index in [0.29, 0.717) is 17.7 Å². The van der Waals surface area contributed by atoms with E-state index in [1.54, 1.807) is 0 Å². The first kappa shape index (κ1) is 14.8. The van der Waals surface area contributed by atoms with Gasteiger partial charge in [-0.25, -0.2) is 4.98 Å². The lowest BCUT2D eigenvalue weighted by molar-refractivity contribution is 0.0909. The molecule has 1 amide bonds. The smallest absolute Gasteiger partial charge is 0.264 e. The number of amidine groups is 1. The van der Waals surface area contributed by atoms with Gasteiger partial charge in [-0.3, -0.25) is 4.79 Å². The third-order valence-electron chi connectivity index (χ3n) is 3.77. The van der Waals surface area contributed by atoms with Crippen molar-refractivity contribution < 1.29 is 10.0 Å². The lowest BCUT2D eigenvalue weighted by atomic mass is 9.80. The van der Waals surface area contributed by atoms with Gasteiger partial charge in [0.2, 0.25) is 0 Å². The van der Waals surface area contributed by atoms with Crippen molar-refractivity contribution >= 4 is 23.1 Å². The number of nitrogens with one attached hydrogen (secondary N) is 1. The summed E-state index contributed by atoms with van der Waals surface area (Å²) < 4.78 is 0. The molecule has 0 saturated heterocycles. The summed E-state index contributed by atoms with van der Waals surface area (Å²) in [5, 5.41) is 15.9. The predicted octanol–water partition coefficient (Wildman–Crippen LogP) is 1.94. The number of nitrogens with two attached hydrogens (primary N) is 1. The van der Waals surface area contributed by atoms with Gasteiger partial charge in [-0.2, -0.15) is 0 Å². The number of nitrogens with zero attached hydrogens (tertiary/aromatic N) is 2. The second-order valence-electron chi connectivity index (χ2n) is 5.23. The van der Waals surface area contributed by atoms with E-state index in [1.807, 2.05) is 13.8 Å². The van der Waals surface area contributed by atoms with Crippen molar-refractivity contribution in [2.75, 3.05) is 0 Å². The van der Waals surface area contributed by atoms with E-state index in [9.17, 15) is 4.79 Å². The lowest BCUT2D eigenvalue weighted by Gasteiger charge is -2.36. The maximum atomic E-state index is 12.4. The number of thiazole rings is 1. The summed E-state index contributed by atoms with van der Waals surface area (Å²) in [6, 6.07) is 0. The van der Waals surface area contributed by atoms with E-state index < -0.39 is 5.54 Å². The maximum Gasteiger partial charge on any atom is 0.264 e. The van der Waals surface area contributed by atoms with Gasteiger partial charge in [0.25, 0.3) is 5.91 Å². The van der Waals surface area contributed by atoms with E-state index in [-0.39, 0.29) is 11.7 Å². The second-order valence-corrected chi connectivity index (χ2v) is 6.43. The van der Waals surface area contributed by atoms with Gasteiger partial charge >= 0.3 is 0 Å². The molecule has 1 saturated carbocycles. The number of aromatic nitrogens is 1. The zero-order valence-corrected chi connectivity index (χ0v) is 12.6. The second kappa shape index (κ2) is 5.78. The van der Waals surface area contributed by atoms with Crippen molar-refractivity contribution in [1.29, 1.82) is 0 Å². The Morgan fingerprint density at radius 3 is 2.55 bits per heavy atom. The molecule has 1 fully saturated rings. The van der Waals surface area contributed by atoms with Crippen LogP contribution in [-0.2, 0) is 0 Å². The first-order valence-electron chi connectivity index (χ1n) is 6.73. The molecule has 0 aliphatic heterocycles. The van der Waals surface area contributed by atoms with Crippen molar-refractivity contribution in [3.05, 3.63) is 15.6 Å². The number of hydrogen-bond donors (Lipinski definition) is 3. The normalized spacial score (nSPS) is 18.8. The summed E-state index contributed by atoms with van der Waals surface area (Å²) in [6.07, 6.45) is 4.42. The molecule has 20 heavy (non-hydrogen) atoms. The Morgan fingerprint density at radius 2 is 2.05 bits per heavy atom. The van der Waals surface area contributed by atoms with Crippen LogP contribution in [0.15, 0.2) is 5.16 Å². The van der Waals surface area contributed by atoms with E-state index in [1.165, 1.54) is 11.3 Å². The minimum Gasteiger partial charge on any atom is -0.409 e. The van der Waals surface area contributed by atoms with Crippen LogP contribution in [-0.4, -0.2) is 27.5 Å². The third-order valence-corrected chi connectivity index (χ3v) is 4.84. The van der Waals surface area contributed by atoms with Crippen molar-refractivity contribution in [3.8, 4) is 0 Å². The molecule has 7 heteroatoms. The molecule has 1 aromatic heterocycles. The maximum absolute atomic E-state index is 12.4. The van der Waals surface area contributed by atoms with E-state index in [2.05, 4.69) is 15.5 Å². The lowest BCUT2D eigenvalue weighted by Crippen LogP contribution is -2.58. The minimum absolute atomic E-state index is 0.0874. The van der Waals surface area contributed by atoms with Crippen LogP contribution >= 0.6 is 11.3 Å². The third kappa shape index (κ3) is 2.77. The molecule has 110 valence electrons. The predicted molar refractivity (Wildman–Crippen MR) is 78.3 cm³/mol. The van der Waals surface area contributed by atoms with Crippen LogP contribution in [0.5, 0.6) is 0 Å². The summed E-state index contributed by atoms with van der Waals surface area (Å²) in [5.41, 5.74) is 5.82. The first-order chi connectivity index (χ1) is 9.48. The van der Waals surface area contributed by atoms with Gasteiger partial charge in [-0.1, -0.05) is 24.4 Å². The standard InChI is InChI=1S/C13H20N4O2S/c1-8-10(20-9(2)15-8)11(18)16-13(12(14)17-19)6-4-3-5-7-13/h19H,3-7H2,1-2H3,(H2,14,17)(H,16,18). The molecule has 0 aromatic carbocycles. The molecule has 0 bridgehead atoms. The largest absolute Gasteiger partial charge is 0.409 e. The average Bonchev–Trinajstić information content (AvgIpc) is 2.78. The summed E-state index contributed by atoms with van der Waals surface area (Å²) in [5.74, 6) is -0.106. The molecular weight excluding hydrogens is 276 g/mol. The highest BCUT2D eigenvalue weighted by molar-refractivity contribution is 7.13. The monoisotopic (exact) mass is 296 g/mol. The Labute approximate surface area is 122 Å². The van der Waals surface area contributed by atoms with Gasteiger partial charge in [0.05, 0.1) is 10.7 Å². The molecule has 2 rings (SSSR count). The number of rotatable bonds is 3. The molecule has 6 nitrogen and oxygen atoms in total. The quantitative estimate of drug-likeness (QED) is 0.343. The van der Waals surface area contributed by atoms with E-state index in [0.717, 1.165) is 30.0 Å². The topological polar surface area (TPSA) is 101 Å². The van der Waals surface area contributed by atoms with Gasteiger partial charge in [0.1, 0.15) is 10.4 Å². The molecule has 0 radical (unpaired) electrons. The molecular formula is C13H20N4O2S. The van der Waals surface area contributed by atoms with E-state index in [4.69, 9.17) is 10.9 Å². The molecule has 1 heterocycles. The van der Waals surface area contributed by atoms with Crippen molar-refractivity contribution in [2.24, 2.45) is 10.9 Å². The molecule has 1 aromatic rings. The Hall–Kier alpha value is -1.63. The molecule has 0 atom stereocenters. The van der Waals surface area contributed by atoms with Gasteiger partial charge in [0, 0.05) is 0 Å². The highest BCUT2D eigenvalue weighted by Crippen LogP contribution is 2.29. The fraction of sp³-hybridized carbons (Fsp3) is 0.615. The first-order valence-corrected chi connectivity index (χ1v) is 7.55. The van der Waals surface area contributed by atoms with E-state index >= 15 is 0 Å². The SMILES string of the molecule is Cc1nc(C)c(C(=O)NC2(C(N)=NO)CCCCC2)s1. The molecule has 0 unspecified atom stereocenters. The Balaban J connectivity index is 2.24. The van der Waals surface area contributed by atoms with Crippen LogP contribution in [0.3, 0.4) is 0 Å². The summed E-state index contributed by atoms with van der Waals surface area (Å²) >= 11 is 1.36. The van der Waals surface area contributed by atoms with Crippen LogP contribution < -0.4 is 11.1 Å². The van der Waals surface area contributed by atoms with Gasteiger partial charge in [0.15, 0.2) is 5.84 Å². The highest BCUT2D eigenvalue weighted by Gasteiger charge is 2.38. The van der Waals surface area contributed by atoms with Crippen LogP contribution in [0.2, 0.25) is 0 Å². The number of amides is 1. The Morgan fingerprint density at radius 1 is 1.40 bits per heavy atom. The Kier molecular flexibility index (Phi) is 4.27. The van der Waals surface area contributed by atoms with Gasteiger partial charge in [-0.05, 0) is 26.7 Å². The summed E-state index contributed by atoms with van der Waals surface area (Å²) in [6.45, 7) is 3.68. The number of carbonyl (C=O) groups excluding carboxylic acids is 1. The van der Waals surface area contributed by atoms with Gasteiger partial charge in [-0.15, -0.1) is 11.3 Å². The molecule has 0 spiro atoms. The van der Waals surface area contributed by atoms with Crippen molar-refractivity contribution in [1.82, 2.24) is 10.3 Å². The zero-order chi connectivity index (χ0) is 14.8. The van der Waals surface area contributed by atoms with Crippen LogP contribution in [0, 0.1) is 13.8 Å². The zero-order valence-electron chi connectivity index (χ0n) is 11.8. The van der Waals surface area contributed by atoms with Crippen LogP contribution in [0.1, 0.15) is 52.5 Å². The van der Waals surface area contributed by atoms with Crippen LogP contribution in [0.4, 0.5) is 0 Å². The minimum atomic E-state index is -0.728. The molecule has 1 aliphatic carbocycles. The van der Waals surface area contributed by atoms with Crippen molar-refractivity contribution in [2.45, 2.75) is 51.5 Å². The summed E-state index contributed by atoms with van der Waals surface area (Å²) in [7, 11) is 0. The summed E-state index contributed by atoms with van der Waals surface area (Å²) in [4.78, 5) is 17.3. The number of oxime groups is 1. The molecule has 1 aliphatic rings. The highest BCUT2D eigenvalue weighted by atomic mass is 32.1. The van der Waals surface area contributed by atoms with Crippen molar-refractivity contribution in [3.63, 3.8) is 0 Å². The fourth-order valence-electron chi connectivity index (χ4n) is 2.71. The molecule has 4 N–H and O–H groups in total. The number of aryl methyl sites for hydroxylation is 2. The average molecular weight is 296 g/mol. The van der Waals surface area contributed by atoms with Crippen LogP contribution in [0.25, 0.3) is 0 Å². The number of carbonyl (C=O) groups is 1. The van der Waals surface area contributed by atoms with Gasteiger partial charge < -0.3 is 16.3 Å². The Bertz CT molecular complexity index is 532.